The standard InChI is InChI=1S/C17H23N/c1-3-18(4-2)14-17(16-12-8-9-13-16)15-10-6-5-7-11-15/h5-12,17H,3-4,13-14H2,1-2H3. The highest BCUT2D eigenvalue weighted by molar-refractivity contribution is 5.35. The third kappa shape index (κ3) is 3.11. The van der Waals surface area contributed by atoms with Gasteiger partial charge in [-0.3, -0.25) is 0 Å². The minimum atomic E-state index is 0.543. The lowest BCUT2D eigenvalue weighted by Crippen LogP contribution is -2.29. The topological polar surface area (TPSA) is 3.24 Å². The highest BCUT2D eigenvalue weighted by Crippen LogP contribution is 2.30. The molecule has 1 aliphatic rings. The van der Waals surface area contributed by atoms with Gasteiger partial charge in [0.2, 0.25) is 0 Å². The Morgan fingerprint density at radius 3 is 2.39 bits per heavy atom. The van der Waals surface area contributed by atoms with Crippen molar-refractivity contribution >= 4 is 0 Å². The fraction of sp³-hybridized carbons (Fsp3) is 0.412. The highest BCUT2D eigenvalue weighted by atomic mass is 15.1. The van der Waals surface area contributed by atoms with E-state index in [1.165, 1.54) is 5.56 Å². The van der Waals surface area contributed by atoms with E-state index in [0.29, 0.717) is 5.92 Å². The Labute approximate surface area is 111 Å². The van der Waals surface area contributed by atoms with E-state index in [9.17, 15) is 0 Å². The molecule has 0 spiro atoms. The smallest absolute Gasteiger partial charge is 0.0182 e. The van der Waals surface area contributed by atoms with Gasteiger partial charge in [0.1, 0.15) is 0 Å². The number of rotatable bonds is 6. The summed E-state index contributed by atoms with van der Waals surface area (Å²) in [7, 11) is 0. The normalized spacial score (nSPS) is 16.1. The Morgan fingerprint density at radius 1 is 1.11 bits per heavy atom. The molecular formula is C17H23N. The van der Waals surface area contributed by atoms with Crippen LogP contribution in [0.25, 0.3) is 0 Å². The molecule has 2 rings (SSSR count). The van der Waals surface area contributed by atoms with Gasteiger partial charge >= 0.3 is 0 Å². The SMILES string of the molecule is CCN(CC)CC(C1=CC=CC1)c1ccccc1. The van der Waals surface area contributed by atoms with E-state index in [4.69, 9.17) is 0 Å². The highest BCUT2D eigenvalue weighted by Gasteiger charge is 2.19. The van der Waals surface area contributed by atoms with Gasteiger partial charge in [-0.25, -0.2) is 0 Å². The molecule has 1 aromatic carbocycles. The number of allylic oxidation sites excluding steroid dienone is 3. The van der Waals surface area contributed by atoms with Crippen LogP contribution in [-0.2, 0) is 0 Å². The van der Waals surface area contributed by atoms with Crippen LogP contribution in [0, 0.1) is 0 Å². The third-order valence-corrected chi connectivity index (χ3v) is 3.78. The van der Waals surface area contributed by atoms with Crippen molar-refractivity contribution in [2.75, 3.05) is 19.6 Å². The van der Waals surface area contributed by atoms with Gasteiger partial charge in [0.25, 0.3) is 0 Å². The van der Waals surface area contributed by atoms with E-state index in [1.54, 1.807) is 5.57 Å². The summed E-state index contributed by atoms with van der Waals surface area (Å²) < 4.78 is 0. The van der Waals surface area contributed by atoms with Crippen molar-refractivity contribution in [2.45, 2.75) is 26.2 Å². The molecule has 1 atom stereocenters. The van der Waals surface area contributed by atoms with Crippen molar-refractivity contribution in [2.24, 2.45) is 0 Å². The number of hydrogen-bond donors (Lipinski definition) is 0. The van der Waals surface area contributed by atoms with Crippen molar-refractivity contribution in [1.29, 1.82) is 0 Å². The van der Waals surface area contributed by atoms with Crippen LogP contribution in [0.5, 0.6) is 0 Å². The second-order valence-corrected chi connectivity index (χ2v) is 4.82. The molecular weight excluding hydrogens is 218 g/mol. The Hall–Kier alpha value is -1.34. The Kier molecular flexibility index (Phi) is 4.77. The Balaban J connectivity index is 2.18. The van der Waals surface area contributed by atoms with Crippen LogP contribution < -0.4 is 0 Å². The van der Waals surface area contributed by atoms with Crippen LogP contribution in [0.4, 0.5) is 0 Å². The van der Waals surface area contributed by atoms with Gasteiger partial charge in [0.05, 0.1) is 0 Å². The molecule has 1 nitrogen and oxygen atoms in total. The van der Waals surface area contributed by atoms with E-state index in [0.717, 1.165) is 26.1 Å². The lowest BCUT2D eigenvalue weighted by atomic mass is 9.90. The summed E-state index contributed by atoms with van der Waals surface area (Å²) in [6, 6.07) is 10.9. The molecule has 96 valence electrons. The predicted octanol–water partition coefficient (Wildman–Crippen LogP) is 4.00. The van der Waals surface area contributed by atoms with E-state index < -0.39 is 0 Å². The summed E-state index contributed by atoms with van der Waals surface area (Å²) in [5.74, 6) is 0.543. The van der Waals surface area contributed by atoms with Crippen molar-refractivity contribution in [1.82, 2.24) is 4.90 Å². The maximum atomic E-state index is 2.51. The molecule has 1 aromatic rings. The molecule has 0 aliphatic heterocycles. The average molecular weight is 241 g/mol. The first-order valence-corrected chi connectivity index (χ1v) is 6.98. The zero-order chi connectivity index (χ0) is 12.8. The largest absolute Gasteiger partial charge is 0.303 e. The zero-order valence-corrected chi connectivity index (χ0v) is 11.5. The molecule has 0 amide bonds. The lowest BCUT2D eigenvalue weighted by molar-refractivity contribution is 0.292. The number of nitrogens with zero attached hydrogens (tertiary/aromatic N) is 1. The summed E-state index contributed by atoms with van der Waals surface area (Å²) in [6.07, 6.45) is 7.85. The van der Waals surface area contributed by atoms with E-state index >= 15 is 0 Å². The fourth-order valence-corrected chi connectivity index (χ4v) is 2.58. The van der Waals surface area contributed by atoms with Gasteiger partial charge in [-0.2, -0.15) is 0 Å². The first kappa shape index (κ1) is 13.1. The van der Waals surface area contributed by atoms with Gasteiger partial charge < -0.3 is 4.90 Å². The molecule has 0 heterocycles. The maximum absolute atomic E-state index is 2.51. The molecule has 1 aliphatic carbocycles. The van der Waals surface area contributed by atoms with Crippen LogP contribution >= 0.6 is 0 Å². The minimum Gasteiger partial charge on any atom is -0.303 e. The second kappa shape index (κ2) is 6.55. The average Bonchev–Trinajstić information content (AvgIpc) is 2.95. The number of hydrogen-bond acceptors (Lipinski definition) is 1. The van der Waals surface area contributed by atoms with Gasteiger partial charge in [-0.15, -0.1) is 0 Å². The molecule has 0 N–H and O–H groups in total. The maximum Gasteiger partial charge on any atom is 0.0182 e. The van der Waals surface area contributed by atoms with Crippen LogP contribution in [0.3, 0.4) is 0 Å². The van der Waals surface area contributed by atoms with Gasteiger partial charge in [-0.1, -0.05) is 68.0 Å². The number of benzene rings is 1. The molecule has 1 unspecified atom stereocenters. The van der Waals surface area contributed by atoms with Crippen molar-refractivity contribution in [3.63, 3.8) is 0 Å². The van der Waals surface area contributed by atoms with Crippen LogP contribution in [0.1, 0.15) is 31.7 Å². The monoisotopic (exact) mass is 241 g/mol. The van der Waals surface area contributed by atoms with E-state index in [-0.39, 0.29) is 0 Å². The third-order valence-electron chi connectivity index (χ3n) is 3.78. The molecule has 1 heteroatoms. The molecule has 0 saturated carbocycles. The molecule has 18 heavy (non-hydrogen) atoms. The zero-order valence-electron chi connectivity index (χ0n) is 11.5. The van der Waals surface area contributed by atoms with E-state index in [2.05, 4.69) is 67.3 Å². The molecule has 0 bridgehead atoms. The lowest BCUT2D eigenvalue weighted by Gasteiger charge is -2.26. The first-order valence-electron chi connectivity index (χ1n) is 6.98. The molecule has 0 fully saturated rings. The van der Waals surface area contributed by atoms with Crippen LogP contribution in [-0.4, -0.2) is 24.5 Å². The van der Waals surface area contributed by atoms with Crippen LogP contribution in [0.2, 0.25) is 0 Å². The first-order chi connectivity index (χ1) is 8.85. The Morgan fingerprint density at radius 2 is 1.83 bits per heavy atom. The van der Waals surface area contributed by atoms with Crippen molar-refractivity contribution in [3.05, 3.63) is 59.7 Å². The summed E-state index contributed by atoms with van der Waals surface area (Å²) in [5, 5.41) is 0. The number of likely N-dealkylation sites (N-methyl/N-ethyl adjacent to an activating group) is 1. The van der Waals surface area contributed by atoms with Crippen LogP contribution in [0.15, 0.2) is 54.1 Å². The molecule has 0 saturated heterocycles. The summed E-state index contributed by atoms with van der Waals surface area (Å²) >= 11 is 0. The van der Waals surface area contributed by atoms with Gasteiger partial charge in [0, 0.05) is 12.5 Å². The Bertz CT molecular complexity index is 412. The summed E-state index contributed by atoms with van der Waals surface area (Å²) in [4.78, 5) is 2.51. The quantitative estimate of drug-likeness (QED) is 0.727. The summed E-state index contributed by atoms with van der Waals surface area (Å²) in [5.41, 5.74) is 2.99. The second-order valence-electron chi connectivity index (χ2n) is 4.82. The van der Waals surface area contributed by atoms with Crippen molar-refractivity contribution in [3.8, 4) is 0 Å². The van der Waals surface area contributed by atoms with E-state index in [1.807, 2.05) is 0 Å². The van der Waals surface area contributed by atoms with Gasteiger partial charge in [-0.05, 0) is 25.1 Å². The fourth-order valence-electron chi connectivity index (χ4n) is 2.58. The molecule has 0 radical (unpaired) electrons. The van der Waals surface area contributed by atoms with Crippen molar-refractivity contribution < 1.29 is 0 Å². The predicted molar refractivity (Wildman–Crippen MR) is 78.8 cm³/mol. The summed E-state index contributed by atoms with van der Waals surface area (Å²) in [6.45, 7) is 7.87. The molecule has 0 aromatic heterocycles. The van der Waals surface area contributed by atoms with Gasteiger partial charge in [0.15, 0.2) is 0 Å². The minimum absolute atomic E-state index is 0.543.